The summed E-state index contributed by atoms with van der Waals surface area (Å²) in [6, 6.07) is 5.65. The van der Waals surface area contributed by atoms with E-state index in [0.717, 1.165) is 6.07 Å². The second-order valence-corrected chi connectivity index (χ2v) is 3.12. The Labute approximate surface area is 103 Å². The van der Waals surface area contributed by atoms with Crippen molar-refractivity contribution in [2.45, 2.75) is 6.42 Å². The van der Waals surface area contributed by atoms with Crippen LogP contribution in [0.25, 0.3) is 0 Å². The second-order valence-electron chi connectivity index (χ2n) is 3.12. The molecule has 0 aliphatic heterocycles. The SMILES string of the molecule is COC(=O)c1ccc(C#CCC#N)c([N+](=O)[O-])c1. The van der Waals surface area contributed by atoms with Crippen LogP contribution in [0.3, 0.4) is 0 Å². The van der Waals surface area contributed by atoms with Crippen LogP contribution in [0.1, 0.15) is 22.3 Å². The molecule has 0 fully saturated rings. The van der Waals surface area contributed by atoms with Gasteiger partial charge in [-0.1, -0.05) is 11.8 Å². The number of carbonyl (C=O) groups excluding carboxylic acids is 1. The third-order valence-electron chi connectivity index (χ3n) is 2.01. The van der Waals surface area contributed by atoms with Gasteiger partial charge in [0.2, 0.25) is 0 Å². The predicted molar refractivity (Wildman–Crippen MR) is 61.5 cm³/mol. The third kappa shape index (κ3) is 3.06. The summed E-state index contributed by atoms with van der Waals surface area (Å²) in [5, 5.41) is 19.2. The number of nitrogens with zero attached hydrogens (tertiary/aromatic N) is 2. The topological polar surface area (TPSA) is 93.2 Å². The Morgan fingerprint density at radius 3 is 2.83 bits per heavy atom. The molecular formula is C12H8N2O4. The summed E-state index contributed by atoms with van der Waals surface area (Å²) >= 11 is 0. The highest BCUT2D eigenvalue weighted by Gasteiger charge is 2.16. The van der Waals surface area contributed by atoms with Crippen LogP contribution in [-0.2, 0) is 4.74 Å². The molecule has 0 bridgehead atoms. The molecule has 0 radical (unpaired) electrons. The van der Waals surface area contributed by atoms with Crippen LogP contribution in [-0.4, -0.2) is 18.0 Å². The molecule has 0 unspecified atom stereocenters. The van der Waals surface area contributed by atoms with Crippen molar-refractivity contribution in [3.8, 4) is 17.9 Å². The predicted octanol–water partition coefficient (Wildman–Crippen LogP) is 1.65. The lowest BCUT2D eigenvalue weighted by molar-refractivity contribution is -0.385. The van der Waals surface area contributed by atoms with Crippen LogP contribution in [0.2, 0.25) is 0 Å². The number of hydrogen-bond donors (Lipinski definition) is 0. The van der Waals surface area contributed by atoms with E-state index in [-0.39, 0.29) is 23.2 Å². The number of hydrogen-bond acceptors (Lipinski definition) is 5. The summed E-state index contributed by atoms with van der Waals surface area (Å²) in [7, 11) is 1.19. The summed E-state index contributed by atoms with van der Waals surface area (Å²) in [6.45, 7) is 0. The van der Waals surface area contributed by atoms with Gasteiger partial charge in [-0.05, 0) is 12.1 Å². The molecule has 0 aliphatic carbocycles. The molecule has 0 N–H and O–H groups in total. The zero-order valence-electron chi connectivity index (χ0n) is 9.47. The maximum absolute atomic E-state index is 11.2. The average Bonchev–Trinajstić information content (AvgIpc) is 2.38. The smallest absolute Gasteiger partial charge is 0.338 e. The van der Waals surface area contributed by atoms with Gasteiger partial charge in [0.05, 0.1) is 30.1 Å². The maximum atomic E-state index is 11.2. The zero-order valence-corrected chi connectivity index (χ0v) is 9.47. The van der Waals surface area contributed by atoms with Gasteiger partial charge in [0.25, 0.3) is 5.69 Å². The number of carbonyl (C=O) groups is 1. The summed E-state index contributed by atoms with van der Waals surface area (Å²) in [5.41, 5.74) is -0.0544. The monoisotopic (exact) mass is 244 g/mol. The highest BCUT2D eigenvalue weighted by Crippen LogP contribution is 2.20. The van der Waals surface area contributed by atoms with Gasteiger partial charge in [0.1, 0.15) is 5.56 Å². The molecule has 0 heterocycles. The van der Waals surface area contributed by atoms with Crippen molar-refractivity contribution in [3.05, 3.63) is 39.4 Å². The van der Waals surface area contributed by atoms with Crippen molar-refractivity contribution in [2.75, 3.05) is 7.11 Å². The molecule has 0 spiro atoms. The van der Waals surface area contributed by atoms with E-state index in [4.69, 9.17) is 5.26 Å². The van der Waals surface area contributed by atoms with Crippen molar-refractivity contribution in [1.82, 2.24) is 0 Å². The number of methoxy groups -OCH3 is 1. The summed E-state index contributed by atoms with van der Waals surface area (Å²) in [5.74, 6) is 4.33. The highest BCUT2D eigenvalue weighted by atomic mass is 16.6. The molecule has 0 atom stereocenters. The molecule has 0 aliphatic rings. The molecule has 0 saturated heterocycles. The fourth-order valence-corrected chi connectivity index (χ4v) is 1.21. The molecule has 1 aromatic carbocycles. The standard InChI is InChI=1S/C12H8N2O4/c1-18-12(15)10-6-5-9(4-2-3-7-13)11(8-10)14(16)17/h5-6,8H,3H2,1H3. The first-order valence-electron chi connectivity index (χ1n) is 4.82. The van der Waals surface area contributed by atoms with E-state index in [9.17, 15) is 14.9 Å². The molecule has 1 rings (SSSR count). The second kappa shape index (κ2) is 6.02. The summed E-state index contributed by atoms with van der Waals surface area (Å²) in [4.78, 5) is 21.4. The number of nitro benzene ring substituents is 1. The maximum Gasteiger partial charge on any atom is 0.338 e. The first kappa shape index (κ1) is 13.2. The Morgan fingerprint density at radius 2 is 2.28 bits per heavy atom. The third-order valence-corrected chi connectivity index (χ3v) is 2.01. The number of nitro groups is 1. The average molecular weight is 244 g/mol. The van der Waals surface area contributed by atoms with Gasteiger partial charge in [-0.25, -0.2) is 4.79 Å². The van der Waals surface area contributed by atoms with Crippen molar-refractivity contribution in [3.63, 3.8) is 0 Å². The molecule has 1 aromatic rings. The number of esters is 1. The van der Waals surface area contributed by atoms with Crippen LogP contribution in [0.15, 0.2) is 18.2 Å². The summed E-state index contributed by atoms with van der Waals surface area (Å²) < 4.78 is 4.47. The van der Waals surface area contributed by atoms with E-state index in [1.807, 2.05) is 6.07 Å². The van der Waals surface area contributed by atoms with E-state index in [1.54, 1.807) is 0 Å². The minimum absolute atomic E-state index is 0.0179. The molecule has 6 heteroatoms. The molecular weight excluding hydrogens is 236 g/mol. The van der Waals surface area contributed by atoms with Crippen LogP contribution in [0.5, 0.6) is 0 Å². The lowest BCUT2D eigenvalue weighted by atomic mass is 10.1. The minimum atomic E-state index is -0.658. The zero-order chi connectivity index (χ0) is 13.5. The molecule has 90 valence electrons. The first-order valence-corrected chi connectivity index (χ1v) is 4.82. The van der Waals surface area contributed by atoms with Gasteiger partial charge in [0, 0.05) is 6.07 Å². The number of nitriles is 1. The number of ether oxygens (including phenoxy) is 1. The highest BCUT2D eigenvalue weighted by molar-refractivity contribution is 5.90. The van der Waals surface area contributed by atoms with Crippen molar-refractivity contribution < 1.29 is 14.5 Å². The molecule has 0 saturated carbocycles. The minimum Gasteiger partial charge on any atom is -0.465 e. The Balaban J connectivity index is 3.23. The van der Waals surface area contributed by atoms with Crippen LogP contribution in [0.4, 0.5) is 5.69 Å². The van der Waals surface area contributed by atoms with E-state index in [2.05, 4.69) is 16.6 Å². The fraction of sp³-hybridized carbons (Fsp3) is 0.167. The van der Waals surface area contributed by atoms with Gasteiger partial charge in [0.15, 0.2) is 0 Å². The van der Waals surface area contributed by atoms with Crippen molar-refractivity contribution in [2.24, 2.45) is 0 Å². The first-order chi connectivity index (χ1) is 8.60. The van der Waals surface area contributed by atoms with Crippen LogP contribution >= 0.6 is 0 Å². The van der Waals surface area contributed by atoms with Crippen LogP contribution < -0.4 is 0 Å². The van der Waals surface area contributed by atoms with Crippen LogP contribution in [0, 0.1) is 33.3 Å². The lowest BCUT2D eigenvalue weighted by Crippen LogP contribution is -2.03. The quantitative estimate of drug-likeness (QED) is 0.341. The Hall–Kier alpha value is -2.86. The lowest BCUT2D eigenvalue weighted by Gasteiger charge is -2.00. The molecule has 6 nitrogen and oxygen atoms in total. The normalized spacial score (nSPS) is 8.67. The van der Waals surface area contributed by atoms with Gasteiger partial charge >= 0.3 is 5.97 Å². The molecule has 0 aromatic heterocycles. The van der Waals surface area contributed by atoms with E-state index < -0.39 is 10.9 Å². The number of benzene rings is 1. The molecule has 18 heavy (non-hydrogen) atoms. The van der Waals surface area contributed by atoms with Gasteiger partial charge in [-0.3, -0.25) is 10.1 Å². The fourth-order valence-electron chi connectivity index (χ4n) is 1.21. The largest absolute Gasteiger partial charge is 0.465 e. The van der Waals surface area contributed by atoms with E-state index in [1.165, 1.54) is 19.2 Å². The van der Waals surface area contributed by atoms with E-state index in [0.29, 0.717) is 0 Å². The van der Waals surface area contributed by atoms with Gasteiger partial charge < -0.3 is 4.74 Å². The Kier molecular flexibility index (Phi) is 4.42. The van der Waals surface area contributed by atoms with Gasteiger partial charge in [-0.15, -0.1) is 0 Å². The summed E-state index contributed by atoms with van der Waals surface area (Å²) in [6.07, 6.45) is -0.0179. The van der Waals surface area contributed by atoms with Crippen molar-refractivity contribution in [1.29, 1.82) is 5.26 Å². The van der Waals surface area contributed by atoms with E-state index >= 15 is 0 Å². The Morgan fingerprint density at radius 1 is 1.56 bits per heavy atom. The van der Waals surface area contributed by atoms with Gasteiger partial charge in [-0.2, -0.15) is 5.26 Å². The molecule has 0 amide bonds. The Bertz CT molecular complexity index is 590. The number of rotatable bonds is 2. The van der Waals surface area contributed by atoms with Crippen molar-refractivity contribution >= 4 is 11.7 Å².